The highest BCUT2D eigenvalue weighted by atomic mass is 79.9. The van der Waals surface area contributed by atoms with Gasteiger partial charge in [0.05, 0.1) is 16.0 Å². The van der Waals surface area contributed by atoms with Crippen molar-refractivity contribution in [1.29, 1.82) is 0 Å². The molecule has 35 heavy (non-hydrogen) atoms. The summed E-state index contributed by atoms with van der Waals surface area (Å²) in [7, 11) is 0. The molecule has 1 aliphatic heterocycles. The average molecular weight is 557 g/mol. The topological polar surface area (TPSA) is 84.9 Å². The van der Waals surface area contributed by atoms with Crippen molar-refractivity contribution in [1.82, 2.24) is 4.90 Å². The molecule has 2 aromatic rings. The second kappa shape index (κ2) is 11.5. The van der Waals surface area contributed by atoms with E-state index in [0.29, 0.717) is 33.8 Å². The van der Waals surface area contributed by atoms with Crippen LogP contribution in [0.2, 0.25) is 0 Å². The molecule has 182 valence electrons. The van der Waals surface area contributed by atoms with Gasteiger partial charge < -0.3 is 14.8 Å². The third-order valence-electron chi connectivity index (χ3n) is 5.05. The fourth-order valence-electron chi connectivity index (χ4n) is 3.68. The van der Waals surface area contributed by atoms with Crippen LogP contribution in [0, 0.1) is 33.1 Å². The van der Waals surface area contributed by atoms with E-state index in [-0.39, 0.29) is 18.1 Å². The Morgan fingerprint density at radius 1 is 1.17 bits per heavy atom. The molecule has 0 saturated carbocycles. The van der Waals surface area contributed by atoms with Gasteiger partial charge in [0.15, 0.2) is 11.5 Å². The Morgan fingerprint density at radius 2 is 1.86 bits per heavy atom. The quantitative estimate of drug-likeness (QED) is 0.343. The van der Waals surface area contributed by atoms with E-state index in [1.165, 1.54) is 0 Å². The summed E-state index contributed by atoms with van der Waals surface area (Å²) in [5.41, 5.74) is 4.21. The van der Waals surface area contributed by atoms with Crippen LogP contribution in [-0.2, 0) is 9.59 Å². The van der Waals surface area contributed by atoms with Crippen LogP contribution < -0.4 is 14.8 Å². The second-order valence-electron chi connectivity index (χ2n) is 7.85. The third kappa shape index (κ3) is 6.27. The number of nitrogens with one attached hydrogen (secondary N) is 1. The van der Waals surface area contributed by atoms with Gasteiger partial charge in [-0.25, -0.2) is 0 Å². The van der Waals surface area contributed by atoms with E-state index in [4.69, 9.17) is 15.9 Å². The van der Waals surface area contributed by atoms with E-state index < -0.39 is 17.1 Å². The highest BCUT2D eigenvalue weighted by Crippen LogP contribution is 2.39. The molecule has 7 nitrogen and oxygen atoms in total. The van der Waals surface area contributed by atoms with Gasteiger partial charge in [-0.1, -0.05) is 23.6 Å². The van der Waals surface area contributed by atoms with Crippen molar-refractivity contribution in [2.24, 2.45) is 0 Å². The molecular weight excluding hydrogens is 532 g/mol. The normalized spacial score (nSPS) is 14.3. The van der Waals surface area contributed by atoms with Crippen LogP contribution in [-0.4, -0.2) is 41.7 Å². The van der Waals surface area contributed by atoms with Crippen LogP contribution >= 0.6 is 27.7 Å². The van der Waals surface area contributed by atoms with Gasteiger partial charge >= 0.3 is 0 Å². The number of rotatable bonds is 8. The highest BCUT2D eigenvalue weighted by Gasteiger charge is 2.36. The zero-order valence-electron chi connectivity index (χ0n) is 19.9. The first-order valence-electron chi connectivity index (χ1n) is 10.8. The van der Waals surface area contributed by atoms with Gasteiger partial charge in [-0.15, -0.1) is 6.42 Å². The summed E-state index contributed by atoms with van der Waals surface area (Å²) in [6.45, 7) is 7.70. The molecule has 1 saturated heterocycles. The standard InChI is InChI=1S/C26H25BrN2O5S/c1-6-8-34-24-19(27)11-18(12-20(24)33-7-2)13-21-25(31)29(26(32)35-21)14-22(30)28-23-16(4)9-15(3)10-17(23)5/h1,9-13H,7-8,14H2,2-5H3,(H,28,30)/b21-13-. The smallest absolute Gasteiger partial charge is 0.294 e. The predicted octanol–water partition coefficient (Wildman–Crippen LogP) is 5.46. The number of halogens is 1. The molecule has 1 aliphatic rings. The zero-order chi connectivity index (χ0) is 25.7. The molecule has 0 aliphatic carbocycles. The lowest BCUT2D eigenvalue weighted by atomic mass is 10.1. The van der Waals surface area contributed by atoms with Gasteiger partial charge in [0.1, 0.15) is 13.2 Å². The molecule has 0 aromatic heterocycles. The molecule has 0 spiro atoms. The predicted molar refractivity (Wildman–Crippen MR) is 142 cm³/mol. The molecule has 3 amide bonds. The number of nitrogens with zero attached hydrogens (tertiary/aromatic N) is 1. The Labute approximate surface area is 217 Å². The zero-order valence-corrected chi connectivity index (χ0v) is 22.3. The molecule has 0 bridgehead atoms. The van der Waals surface area contributed by atoms with E-state index >= 15 is 0 Å². The highest BCUT2D eigenvalue weighted by molar-refractivity contribution is 9.10. The number of aryl methyl sites for hydroxylation is 3. The maximum Gasteiger partial charge on any atom is 0.294 e. The number of thioether (sulfide) groups is 1. The van der Waals surface area contributed by atoms with E-state index in [2.05, 4.69) is 27.2 Å². The number of carbonyl (C=O) groups excluding carboxylic acids is 3. The number of carbonyl (C=O) groups is 3. The molecule has 3 rings (SSSR count). The van der Waals surface area contributed by atoms with Crippen molar-refractivity contribution in [2.75, 3.05) is 25.1 Å². The monoisotopic (exact) mass is 556 g/mol. The Hall–Kier alpha value is -3.22. The van der Waals surface area contributed by atoms with Crippen LogP contribution in [0.1, 0.15) is 29.2 Å². The summed E-state index contributed by atoms with van der Waals surface area (Å²) in [6.07, 6.45) is 6.86. The molecule has 0 radical (unpaired) electrons. The van der Waals surface area contributed by atoms with Crippen molar-refractivity contribution in [3.63, 3.8) is 0 Å². The van der Waals surface area contributed by atoms with Gasteiger partial charge in [-0.3, -0.25) is 19.3 Å². The van der Waals surface area contributed by atoms with E-state index in [1.807, 2.05) is 39.8 Å². The Balaban J connectivity index is 1.79. The van der Waals surface area contributed by atoms with Gasteiger partial charge in [0.2, 0.25) is 5.91 Å². The molecule has 1 N–H and O–H groups in total. The fourth-order valence-corrected chi connectivity index (χ4v) is 5.09. The lowest BCUT2D eigenvalue weighted by Crippen LogP contribution is -2.36. The first kappa shape index (κ1) is 26.4. The number of benzene rings is 2. The summed E-state index contributed by atoms with van der Waals surface area (Å²) in [4.78, 5) is 39.3. The summed E-state index contributed by atoms with van der Waals surface area (Å²) in [5, 5.41) is 2.32. The number of hydrogen-bond donors (Lipinski definition) is 1. The minimum atomic E-state index is -0.533. The van der Waals surface area contributed by atoms with Crippen molar-refractivity contribution >= 4 is 56.5 Å². The van der Waals surface area contributed by atoms with Gasteiger partial charge in [-0.05, 0) is 90.3 Å². The largest absolute Gasteiger partial charge is 0.490 e. The summed E-state index contributed by atoms with van der Waals surface area (Å²) in [5.74, 6) is 2.33. The molecule has 1 heterocycles. The maximum absolute atomic E-state index is 12.9. The van der Waals surface area contributed by atoms with Crippen molar-refractivity contribution in [3.05, 3.63) is 55.9 Å². The van der Waals surface area contributed by atoms with E-state index in [0.717, 1.165) is 33.4 Å². The minimum absolute atomic E-state index is 0.0701. The van der Waals surface area contributed by atoms with Gasteiger partial charge in [0.25, 0.3) is 11.1 Å². The summed E-state index contributed by atoms with van der Waals surface area (Å²) >= 11 is 4.22. The fraction of sp³-hybridized carbons (Fsp3) is 0.269. The van der Waals surface area contributed by atoms with Crippen molar-refractivity contribution in [3.8, 4) is 23.8 Å². The third-order valence-corrected chi connectivity index (χ3v) is 6.54. The first-order valence-corrected chi connectivity index (χ1v) is 12.4. The summed E-state index contributed by atoms with van der Waals surface area (Å²) in [6, 6.07) is 7.35. The van der Waals surface area contributed by atoms with Crippen LogP contribution in [0.4, 0.5) is 10.5 Å². The van der Waals surface area contributed by atoms with Crippen LogP contribution in [0.5, 0.6) is 11.5 Å². The van der Waals surface area contributed by atoms with E-state index in [1.54, 1.807) is 18.2 Å². The number of anilines is 1. The number of amides is 3. The molecular formula is C26H25BrN2O5S. The van der Waals surface area contributed by atoms with Gasteiger partial charge in [-0.2, -0.15) is 0 Å². The number of imide groups is 1. The summed E-state index contributed by atoms with van der Waals surface area (Å²) < 4.78 is 11.8. The lowest BCUT2D eigenvalue weighted by molar-refractivity contribution is -0.127. The molecule has 0 unspecified atom stereocenters. The first-order chi connectivity index (χ1) is 16.6. The lowest BCUT2D eigenvalue weighted by Gasteiger charge is -2.16. The minimum Gasteiger partial charge on any atom is -0.490 e. The average Bonchev–Trinajstić information content (AvgIpc) is 3.03. The Kier molecular flexibility index (Phi) is 8.65. The maximum atomic E-state index is 12.9. The van der Waals surface area contributed by atoms with Crippen molar-refractivity contribution in [2.45, 2.75) is 27.7 Å². The molecule has 9 heteroatoms. The number of ether oxygens (including phenoxy) is 2. The second-order valence-corrected chi connectivity index (χ2v) is 9.69. The molecule has 0 atom stereocenters. The number of terminal acetylenes is 1. The van der Waals surface area contributed by atoms with Crippen LogP contribution in [0.3, 0.4) is 0 Å². The van der Waals surface area contributed by atoms with Crippen LogP contribution in [0.15, 0.2) is 33.6 Å². The van der Waals surface area contributed by atoms with Crippen LogP contribution in [0.25, 0.3) is 6.08 Å². The Bertz CT molecular complexity index is 1240. The van der Waals surface area contributed by atoms with Gasteiger partial charge in [0, 0.05) is 5.69 Å². The molecule has 1 fully saturated rings. The number of hydrogen-bond acceptors (Lipinski definition) is 6. The SMILES string of the molecule is C#CCOc1c(Br)cc(/C=C2\SC(=O)N(CC(=O)Nc3c(C)cc(C)cc3C)C2=O)cc1OCC. The Morgan fingerprint density at radius 3 is 2.49 bits per heavy atom. The molecule has 2 aromatic carbocycles. The van der Waals surface area contributed by atoms with Crippen molar-refractivity contribution < 1.29 is 23.9 Å². The van der Waals surface area contributed by atoms with E-state index in [9.17, 15) is 14.4 Å².